The van der Waals surface area contributed by atoms with E-state index in [1.807, 2.05) is 25.2 Å². The van der Waals surface area contributed by atoms with Crippen LogP contribution in [0.3, 0.4) is 0 Å². The Hall–Kier alpha value is -1.28. The lowest BCUT2D eigenvalue weighted by Gasteiger charge is -2.21. The summed E-state index contributed by atoms with van der Waals surface area (Å²) >= 11 is 7.47. The van der Waals surface area contributed by atoms with Gasteiger partial charge in [0.2, 0.25) is 0 Å². The molecule has 0 amide bonds. The summed E-state index contributed by atoms with van der Waals surface area (Å²) < 4.78 is 5.61. The van der Waals surface area contributed by atoms with Crippen molar-refractivity contribution in [2.24, 2.45) is 17.8 Å². The Balaban J connectivity index is 1.88. The molecule has 1 saturated carbocycles. The van der Waals surface area contributed by atoms with Gasteiger partial charge >= 0.3 is 5.97 Å². The minimum atomic E-state index is -0.787. The predicted octanol–water partition coefficient (Wildman–Crippen LogP) is 4.41. The van der Waals surface area contributed by atoms with Gasteiger partial charge in [0.1, 0.15) is 12.7 Å². The molecule has 0 bridgehead atoms. The van der Waals surface area contributed by atoms with Crippen LogP contribution in [0, 0.1) is 24.7 Å². The molecule has 1 aromatic heterocycles. The van der Waals surface area contributed by atoms with E-state index in [1.54, 1.807) is 12.1 Å². The number of carboxylic acid groups (broad SMARTS) is 1. The maximum atomic E-state index is 10.6. The van der Waals surface area contributed by atoms with Crippen LogP contribution in [0.4, 0.5) is 0 Å². The lowest BCUT2D eigenvalue weighted by Crippen LogP contribution is -2.20. The Morgan fingerprint density at radius 3 is 2.87 bits per heavy atom. The molecule has 1 heterocycles. The van der Waals surface area contributed by atoms with Gasteiger partial charge < -0.3 is 20.1 Å². The van der Waals surface area contributed by atoms with Crippen molar-refractivity contribution in [3.05, 3.63) is 40.3 Å². The molecule has 5 atom stereocenters. The zero-order valence-electron chi connectivity index (χ0n) is 17.2. The summed E-state index contributed by atoms with van der Waals surface area (Å²) in [4.78, 5) is 11.5. The highest BCUT2D eigenvalue weighted by Crippen LogP contribution is 2.42. The van der Waals surface area contributed by atoms with Crippen LogP contribution in [0.2, 0.25) is 11.3 Å². The highest BCUT2D eigenvalue weighted by molar-refractivity contribution is 7.14. The first kappa shape index (κ1) is 25.0. The summed E-state index contributed by atoms with van der Waals surface area (Å²) in [5, 5.41) is 30.8. The fraction of sp³-hybridized carbons (Fsp3) is 0.591. The lowest BCUT2D eigenvalue weighted by atomic mass is 9.80. The molecule has 1 aromatic rings. The first-order valence-electron chi connectivity index (χ1n) is 10.3. The normalized spacial score (nSPS) is 25.3. The van der Waals surface area contributed by atoms with Crippen LogP contribution in [0.5, 0.6) is 5.06 Å². The van der Waals surface area contributed by atoms with Gasteiger partial charge in [0.05, 0.1) is 19.0 Å². The quantitative estimate of drug-likeness (QED) is 0.248. The number of thiophene rings is 1. The van der Waals surface area contributed by atoms with Crippen molar-refractivity contribution in [2.75, 3.05) is 6.61 Å². The topological polar surface area (TPSA) is 87.0 Å². The van der Waals surface area contributed by atoms with Gasteiger partial charge in [-0.2, -0.15) is 0 Å². The average Bonchev–Trinajstić information content (AvgIpc) is 3.19. The van der Waals surface area contributed by atoms with Crippen molar-refractivity contribution in [3.8, 4) is 5.06 Å². The number of aliphatic carboxylic acids is 1. The van der Waals surface area contributed by atoms with Gasteiger partial charge in [-0.25, -0.2) is 0 Å². The number of carbonyl (C=O) groups is 1. The van der Waals surface area contributed by atoms with E-state index in [1.165, 1.54) is 11.3 Å². The van der Waals surface area contributed by atoms with Crippen molar-refractivity contribution in [1.29, 1.82) is 0 Å². The van der Waals surface area contributed by atoms with Crippen molar-refractivity contribution in [2.45, 2.75) is 57.6 Å². The van der Waals surface area contributed by atoms with Crippen LogP contribution in [-0.2, 0) is 4.79 Å². The molecule has 0 aliphatic heterocycles. The summed E-state index contributed by atoms with van der Waals surface area (Å²) in [6, 6.07) is 1.74. The van der Waals surface area contributed by atoms with Crippen LogP contribution >= 0.6 is 22.9 Å². The van der Waals surface area contributed by atoms with Crippen molar-refractivity contribution < 1.29 is 24.9 Å². The fourth-order valence-electron chi connectivity index (χ4n) is 3.84. The van der Waals surface area contributed by atoms with Crippen LogP contribution in [-0.4, -0.2) is 47.9 Å². The molecule has 5 nitrogen and oxygen atoms in total. The van der Waals surface area contributed by atoms with E-state index in [9.17, 15) is 15.0 Å². The van der Waals surface area contributed by atoms with E-state index in [4.69, 9.17) is 29.3 Å². The first-order valence-corrected chi connectivity index (χ1v) is 11.5. The van der Waals surface area contributed by atoms with Crippen LogP contribution < -0.4 is 4.74 Å². The summed E-state index contributed by atoms with van der Waals surface area (Å²) in [6.45, 7) is 2.04. The fourth-order valence-corrected chi connectivity index (χ4v) is 4.88. The second-order valence-electron chi connectivity index (χ2n) is 7.77. The molecule has 1 aliphatic carbocycles. The van der Waals surface area contributed by atoms with Gasteiger partial charge in [0.15, 0.2) is 5.06 Å². The molecule has 2 rings (SSSR count). The molecule has 0 aromatic carbocycles. The van der Waals surface area contributed by atoms with Gasteiger partial charge in [-0.15, -0.1) is 11.3 Å². The third-order valence-electron chi connectivity index (χ3n) is 5.50. The number of aliphatic hydroxyl groups excluding tert-OH is 2. The van der Waals surface area contributed by atoms with Crippen molar-refractivity contribution >= 4 is 36.8 Å². The Labute approximate surface area is 188 Å². The Morgan fingerprint density at radius 2 is 2.23 bits per heavy atom. The number of aryl methyl sites for hydroxylation is 1. The predicted molar refractivity (Wildman–Crippen MR) is 122 cm³/mol. The molecule has 30 heavy (non-hydrogen) atoms. The average molecular weight is 453 g/mol. The molecule has 2 radical (unpaired) electrons. The second-order valence-corrected chi connectivity index (χ2v) is 9.39. The summed E-state index contributed by atoms with van der Waals surface area (Å²) in [6.07, 6.45) is 9.74. The molecule has 0 saturated heterocycles. The largest absolute Gasteiger partial charge is 0.481 e. The zero-order chi connectivity index (χ0) is 22.1. The Kier molecular flexibility index (Phi) is 10.5. The monoisotopic (exact) mass is 452 g/mol. The lowest BCUT2D eigenvalue weighted by molar-refractivity contribution is -0.137. The van der Waals surface area contributed by atoms with Crippen LogP contribution in [0.1, 0.15) is 37.0 Å². The summed E-state index contributed by atoms with van der Waals surface area (Å²) in [7, 11) is 5.91. The smallest absolute Gasteiger partial charge is 0.303 e. The SMILES string of the molecule is [B]C[C@@H]1CC(O)[C@H](C/C=C\CCCC(=O)O)[C@H]1/C=C/[C@@H](O)COc1cc(Cl)c(C)s1. The first-order chi connectivity index (χ1) is 14.3. The van der Waals surface area contributed by atoms with Crippen molar-refractivity contribution in [3.63, 3.8) is 0 Å². The third-order valence-corrected chi connectivity index (χ3v) is 6.97. The van der Waals surface area contributed by atoms with E-state index in [-0.39, 0.29) is 30.8 Å². The number of rotatable bonds is 12. The number of ether oxygens (including phenoxy) is 1. The third kappa shape index (κ3) is 7.76. The maximum Gasteiger partial charge on any atom is 0.303 e. The van der Waals surface area contributed by atoms with Gasteiger partial charge in [-0.1, -0.05) is 42.2 Å². The minimum absolute atomic E-state index is 0.0254. The van der Waals surface area contributed by atoms with E-state index in [0.717, 1.165) is 4.88 Å². The standard InChI is InChI=1S/C22H30BClO5S/c1-14-19(24)11-22(30-14)29-13-16(25)8-9-17-15(12-23)10-20(26)18(17)6-4-2-3-5-7-21(27)28/h2,4,8-9,11,15-18,20,25-26H,3,5-7,10,12-13H2,1H3,(H,27,28)/b4-2-,9-8+/t15-,16+,17-,18+,20?/m0/s1. The van der Waals surface area contributed by atoms with Crippen LogP contribution in [0.15, 0.2) is 30.4 Å². The maximum absolute atomic E-state index is 10.6. The molecule has 8 heteroatoms. The van der Waals surface area contributed by atoms with E-state index >= 15 is 0 Å². The molecule has 1 aliphatic rings. The van der Waals surface area contributed by atoms with E-state index in [2.05, 4.69) is 0 Å². The molecule has 3 N–H and O–H groups in total. The highest BCUT2D eigenvalue weighted by atomic mass is 35.5. The van der Waals surface area contributed by atoms with Gasteiger partial charge in [0.25, 0.3) is 0 Å². The molecule has 0 spiro atoms. The zero-order valence-corrected chi connectivity index (χ0v) is 18.8. The second kappa shape index (κ2) is 12.5. The number of hydrogen-bond donors (Lipinski definition) is 3. The van der Waals surface area contributed by atoms with Gasteiger partial charge in [0, 0.05) is 17.4 Å². The van der Waals surface area contributed by atoms with Gasteiger partial charge in [-0.05, 0) is 50.4 Å². The number of hydrogen-bond acceptors (Lipinski definition) is 5. The van der Waals surface area contributed by atoms with E-state index in [0.29, 0.717) is 42.1 Å². The number of unbranched alkanes of at least 4 members (excludes halogenated alkanes) is 1. The van der Waals surface area contributed by atoms with Gasteiger partial charge in [-0.3, -0.25) is 4.79 Å². The molecular weight excluding hydrogens is 423 g/mol. The molecule has 1 fully saturated rings. The van der Waals surface area contributed by atoms with Crippen molar-refractivity contribution in [1.82, 2.24) is 0 Å². The molecular formula is C22H30BClO5S. The Bertz CT molecular complexity index is 716. The number of allylic oxidation sites excluding steroid dienone is 3. The van der Waals surface area contributed by atoms with Crippen LogP contribution in [0.25, 0.3) is 0 Å². The molecule has 1 unspecified atom stereocenters. The highest BCUT2D eigenvalue weighted by Gasteiger charge is 2.39. The summed E-state index contributed by atoms with van der Waals surface area (Å²) in [5.41, 5.74) is 0. The molecule has 164 valence electrons. The number of halogens is 1. The number of aliphatic hydroxyl groups is 2. The minimum Gasteiger partial charge on any atom is -0.481 e. The Morgan fingerprint density at radius 1 is 1.47 bits per heavy atom. The number of carboxylic acids is 1. The van der Waals surface area contributed by atoms with E-state index < -0.39 is 18.2 Å². The summed E-state index contributed by atoms with van der Waals surface area (Å²) in [5.74, 6) is -0.530.